The highest BCUT2D eigenvalue weighted by Gasteiger charge is 2.19. The average molecular weight is 213 g/mol. The zero-order valence-corrected chi connectivity index (χ0v) is 7.40. The van der Waals surface area contributed by atoms with E-state index in [4.69, 9.17) is 11.8 Å². The molecule has 0 radical (unpaired) electrons. The summed E-state index contributed by atoms with van der Waals surface area (Å²) in [5, 5.41) is 0. The van der Waals surface area contributed by atoms with E-state index in [0.29, 0.717) is 3.82 Å². The predicted molar refractivity (Wildman–Crippen MR) is 37.9 cm³/mol. The summed E-state index contributed by atoms with van der Waals surface area (Å²) in [6, 6.07) is 0. The van der Waals surface area contributed by atoms with Crippen molar-refractivity contribution in [1.29, 1.82) is 0 Å². The fourth-order valence-electron chi connectivity index (χ4n) is 0.0850. The van der Waals surface area contributed by atoms with Crippen LogP contribution in [-0.2, 0) is 20.1 Å². The van der Waals surface area contributed by atoms with Crippen molar-refractivity contribution >= 4 is 43.6 Å². The third kappa shape index (κ3) is 2.48. The van der Waals surface area contributed by atoms with Crippen LogP contribution in [0.3, 0.4) is 0 Å². The molecule has 0 aliphatic carbocycles. The predicted octanol–water partition coefficient (Wildman–Crippen LogP) is 0.989. The second-order valence-electron chi connectivity index (χ2n) is 1.07. The minimum Gasteiger partial charge on any atom is -0.220 e. The highest BCUT2D eigenvalue weighted by molar-refractivity contribution is 8.30. The van der Waals surface area contributed by atoms with E-state index in [1.165, 1.54) is 0 Å². The van der Waals surface area contributed by atoms with Crippen molar-refractivity contribution < 1.29 is 8.69 Å². The van der Waals surface area contributed by atoms with Crippen LogP contribution in [0.25, 0.3) is 0 Å². The van der Waals surface area contributed by atoms with Gasteiger partial charge in [0.2, 0.25) is 8.86 Å². The van der Waals surface area contributed by atoms with Gasteiger partial charge in [-0.15, -0.1) is 8.31 Å². The first-order valence-corrected chi connectivity index (χ1v) is 4.73. The first kappa shape index (κ1) is 9.80. The molecule has 8 heteroatoms. The van der Waals surface area contributed by atoms with E-state index in [-0.39, 0.29) is 0 Å². The van der Waals surface area contributed by atoms with Crippen LogP contribution in [-0.4, -0.2) is 19.1 Å². The topological polar surface area (TPSA) is 23.6 Å². The van der Waals surface area contributed by atoms with Crippen molar-refractivity contribution in [2.24, 2.45) is 0 Å². The smallest absolute Gasteiger partial charge is 0.212 e. The first-order chi connectivity index (χ1) is 3.89. The summed E-state index contributed by atoms with van der Waals surface area (Å²) >= 11 is 13.8. The van der Waals surface area contributed by atoms with Gasteiger partial charge in [0.15, 0.2) is 0 Å². The van der Waals surface area contributed by atoms with Crippen molar-refractivity contribution in [2.75, 3.05) is 7.05 Å². The normalized spacial score (nSPS) is 18.4. The minimum atomic E-state index is -3.45. The van der Waals surface area contributed by atoms with Gasteiger partial charge in [-0.25, -0.2) is 4.21 Å². The second kappa shape index (κ2) is 3.27. The number of nitrogens with zero attached hydrogens (tertiary/aromatic N) is 2. The SMILES string of the molecule is CN(Cl)S(=O)(=S)N(F)Cl. The molecule has 1 unspecified atom stereocenters. The Morgan fingerprint density at radius 2 is 2.00 bits per heavy atom. The van der Waals surface area contributed by atoms with Crippen molar-refractivity contribution in [1.82, 2.24) is 7.87 Å². The molecule has 0 aliphatic heterocycles. The van der Waals surface area contributed by atoms with Crippen molar-refractivity contribution in [3.63, 3.8) is 0 Å². The van der Waals surface area contributed by atoms with E-state index < -0.39 is 12.9 Å². The van der Waals surface area contributed by atoms with E-state index in [1.54, 1.807) is 0 Å². The fraction of sp³-hybridized carbons (Fsp3) is 1.00. The van der Waals surface area contributed by atoms with Crippen molar-refractivity contribution in [3.8, 4) is 0 Å². The molecule has 0 aromatic rings. The van der Waals surface area contributed by atoms with E-state index in [1.807, 2.05) is 0 Å². The Labute approximate surface area is 67.4 Å². The molecule has 3 nitrogen and oxygen atoms in total. The van der Waals surface area contributed by atoms with Crippen LogP contribution in [0.2, 0.25) is 0 Å². The van der Waals surface area contributed by atoms with Gasteiger partial charge in [0.05, 0.1) is 0 Å². The van der Waals surface area contributed by atoms with Crippen molar-refractivity contribution in [2.45, 2.75) is 0 Å². The van der Waals surface area contributed by atoms with Crippen molar-refractivity contribution in [3.05, 3.63) is 0 Å². The standard InChI is InChI=1S/CH3Cl2FN2OS2/c1-5(2)9(7,8)6(3)4/h1H3. The summed E-state index contributed by atoms with van der Waals surface area (Å²) in [5.41, 5.74) is 0. The Morgan fingerprint density at radius 1 is 1.67 bits per heavy atom. The molecule has 56 valence electrons. The maximum absolute atomic E-state index is 11.8. The maximum atomic E-state index is 11.8. The quantitative estimate of drug-likeness (QED) is 0.638. The van der Waals surface area contributed by atoms with Crippen LogP contribution in [0.4, 0.5) is 4.48 Å². The highest BCUT2D eigenvalue weighted by atomic mass is 35.5. The van der Waals surface area contributed by atoms with Crippen LogP contribution in [0, 0.1) is 0 Å². The molecule has 0 heterocycles. The molecule has 9 heavy (non-hydrogen) atoms. The van der Waals surface area contributed by atoms with Gasteiger partial charge in [-0.1, -0.05) is 0 Å². The Kier molecular flexibility index (Phi) is 3.56. The Morgan fingerprint density at radius 3 is 2.00 bits per heavy atom. The average Bonchev–Trinajstić information content (AvgIpc) is 1.65. The zero-order chi connectivity index (χ0) is 7.65. The highest BCUT2D eigenvalue weighted by Crippen LogP contribution is 2.11. The summed E-state index contributed by atoms with van der Waals surface area (Å²) in [6.45, 7) is 0. The van der Waals surface area contributed by atoms with Crippen LogP contribution in [0.5, 0.6) is 0 Å². The first-order valence-electron chi connectivity index (χ1n) is 1.65. The molecule has 0 amide bonds. The third-order valence-electron chi connectivity index (χ3n) is 0.492. The molecule has 0 fully saturated rings. The molecule has 0 N–H and O–H groups in total. The molecule has 0 saturated heterocycles. The van der Waals surface area contributed by atoms with Gasteiger partial charge < -0.3 is 0 Å². The van der Waals surface area contributed by atoms with Gasteiger partial charge >= 0.3 is 0 Å². The number of hydrogen-bond acceptors (Lipinski definition) is 2. The lowest BCUT2D eigenvalue weighted by atomic mass is 11.6. The summed E-state index contributed by atoms with van der Waals surface area (Å²) < 4.78 is 22.3. The molecular formula is CH3Cl2FN2OS2. The van der Waals surface area contributed by atoms with E-state index in [0.717, 1.165) is 7.05 Å². The molecule has 0 aromatic heterocycles. The van der Waals surface area contributed by atoms with Gasteiger partial charge in [0, 0.05) is 34.1 Å². The van der Waals surface area contributed by atoms with E-state index in [2.05, 4.69) is 23.0 Å². The summed E-state index contributed by atoms with van der Waals surface area (Å²) in [7, 11) is -2.31. The maximum Gasteiger partial charge on any atom is 0.212 e. The zero-order valence-electron chi connectivity index (χ0n) is 4.25. The van der Waals surface area contributed by atoms with Crippen LogP contribution >= 0.6 is 23.6 Å². The molecule has 0 aromatic carbocycles. The minimum absolute atomic E-state index is 0.495. The molecule has 0 saturated carbocycles. The second-order valence-corrected chi connectivity index (χ2v) is 5.34. The number of hydrogen-bond donors (Lipinski definition) is 0. The fourth-order valence-corrected chi connectivity index (χ4v) is 0.790. The van der Waals surface area contributed by atoms with Gasteiger partial charge in [-0.2, -0.15) is 0 Å². The molecule has 1 atom stereocenters. The molecule has 0 bridgehead atoms. The number of halogens is 3. The Balaban J connectivity index is 4.42. The van der Waals surface area contributed by atoms with E-state index in [9.17, 15) is 8.69 Å². The van der Waals surface area contributed by atoms with Gasteiger partial charge in [0.25, 0.3) is 0 Å². The van der Waals surface area contributed by atoms with Gasteiger partial charge in [-0.3, -0.25) is 0 Å². The largest absolute Gasteiger partial charge is 0.220 e. The van der Waals surface area contributed by atoms with Crippen LogP contribution < -0.4 is 0 Å². The third-order valence-corrected chi connectivity index (χ3v) is 4.15. The lowest BCUT2D eigenvalue weighted by molar-refractivity contribution is 0.269. The monoisotopic (exact) mass is 212 g/mol. The molecular weight excluding hydrogens is 210 g/mol. The van der Waals surface area contributed by atoms with Crippen LogP contribution in [0.1, 0.15) is 0 Å². The summed E-state index contributed by atoms with van der Waals surface area (Å²) in [6.07, 6.45) is 0. The van der Waals surface area contributed by atoms with Gasteiger partial charge in [0.1, 0.15) is 0 Å². The molecule has 0 aliphatic rings. The lowest BCUT2D eigenvalue weighted by Gasteiger charge is -2.10. The summed E-state index contributed by atoms with van der Waals surface area (Å²) in [4.78, 5) is 0. The van der Waals surface area contributed by atoms with Gasteiger partial charge in [-0.05, 0) is 11.8 Å². The molecule has 0 spiro atoms. The Bertz CT molecular complexity index is 163. The Hall–Kier alpha value is 0.800. The molecule has 0 rings (SSSR count). The van der Waals surface area contributed by atoms with E-state index >= 15 is 0 Å². The summed E-state index contributed by atoms with van der Waals surface area (Å²) in [5.74, 6) is 0. The lowest BCUT2D eigenvalue weighted by Crippen LogP contribution is -2.24. The number of rotatable bonds is 2. The van der Waals surface area contributed by atoms with Crippen LogP contribution in [0.15, 0.2) is 0 Å².